The number of carbonyl (C=O) groups excluding carboxylic acids is 1. The van der Waals surface area contributed by atoms with Crippen molar-refractivity contribution in [3.8, 4) is 6.07 Å². The highest BCUT2D eigenvalue weighted by Crippen LogP contribution is 2.31. The number of nitrogens with two attached hydrogens (primary N) is 1. The first-order valence-electron chi connectivity index (χ1n) is 3.93. The first-order chi connectivity index (χ1) is 6.77. The Bertz CT molecular complexity index is 551. The molecule has 2 aromatic rings. The van der Waals surface area contributed by atoms with Gasteiger partial charge in [0.05, 0.1) is 16.0 Å². The summed E-state index contributed by atoms with van der Waals surface area (Å²) in [7, 11) is 0. The van der Waals surface area contributed by atoms with Crippen molar-refractivity contribution >= 4 is 33.4 Å². The molecule has 14 heavy (non-hydrogen) atoms. The Kier molecular flexibility index (Phi) is 1.95. The smallest absolute Gasteiger partial charge is 0.151 e. The number of carbonyl (C=O) groups is 1. The molecule has 0 unspecified atom stereocenters. The van der Waals surface area contributed by atoms with Gasteiger partial charge in [-0.2, -0.15) is 5.26 Å². The van der Waals surface area contributed by atoms with Gasteiger partial charge in [0.2, 0.25) is 0 Å². The van der Waals surface area contributed by atoms with Crippen LogP contribution in [-0.2, 0) is 0 Å². The van der Waals surface area contributed by atoms with Crippen LogP contribution in [-0.4, -0.2) is 6.29 Å². The normalized spacial score (nSPS) is 9.93. The average molecular weight is 202 g/mol. The van der Waals surface area contributed by atoms with Gasteiger partial charge in [0.25, 0.3) is 0 Å². The van der Waals surface area contributed by atoms with Gasteiger partial charge < -0.3 is 5.73 Å². The number of hydrogen-bond donors (Lipinski definition) is 1. The topological polar surface area (TPSA) is 66.9 Å². The first-order valence-corrected chi connectivity index (χ1v) is 4.81. The lowest BCUT2D eigenvalue weighted by Gasteiger charge is -2.01. The second kappa shape index (κ2) is 3.13. The van der Waals surface area contributed by atoms with Gasteiger partial charge in [-0.3, -0.25) is 4.79 Å². The average Bonchev–Trinajstić information content (AvgIpc) is 2.65. The fraction of sp³-hybridized carbons (Fsp3) is 0. The van der Waals surface area contributed by atoms with Crippen molar-refractivity contribution in [2.75, 3.05) is 5.73 Å². The molecule has 4 heteroatoms. The molecular weight excluding hydrogens is 196 g/mol. The number of benzene rings is 1. The Morgan fingerprint density at radius 2 is 2.36 bits per heavy atom. The van der Waals surface area contributed by atoms with E-state index in [1.54, 1.807) is 6.07 Å². The van der Waals surface area contributed by atoms with E-state index in [1.807, 2.05) is 17.5 Å². The van der Waals surface area contributed by atoms with Gasteiger partial charge in [-0.25, -0.2) is 0 Å². The van der Waals surface area contributed by atoms with E-state index >= 15 is 0 Å². The lowest BCUT2D eigenvalue weighted by atomic mass is 10.1. The molecule has 0 fully saturated rings. The Labute approximate surface area is 84.4 Å². The third-order valence-electron chi connectivity index (χ3n) is 2.05. The fourth-order valence-corrected chi connectivity index (χ4v) is 2.22. The molecule has 0 aliphatic carbocycles. The summed E-state index contributed by atoms with van der Waals surface area (Å²) in [6, 6.07) is 5.51. The van der Waals surface area contributed by atoms with E-state index in [-0.39, 0.29) is 5.56 Å². The van der Waals surface area contributed by atoms with Crippen molar-refractivity contribution in [2.45, 2.75) is 0 Å². The third kappa shape index (κ3) is 1.07. The molecule has 0 saturated carbocycles. The van der Waals surface area contributed by atoms with Gasteiger partial charge in [0.15, 0.2) is 6.29 Å². The van der Waals surface area contributed by atoms with Crippen molar-refractivity contribution in [1.29, 1.82) is 5.26 Å². The summed E-state index contributed by atoms with van der Waals surface area (Å²) in [5, 5.41) is 11.6. The summed E-state index contributed by atoms with van der Waals surface area (Å²) in [4.78, 5) is 10.7. The van der Waals surface area contributed by atoms with Crippen LogP contribution in [0.2, 0.25) is 0 Å². The number of nitrogens with zero attached hydrogens (tertiary/aromatic N) is 1. The second-order valence-corrected chi connectivity index (χ2v) is 3.74. The highest BCUT2D eigenvalue weighted by Gasteiger charge is 2.10. The van der Waals surface area contributed by atoms with E-state index in [2.05, 4.69) is 0 Å². The maximum atomic E-state index is 10.7. The van der Waals surface area contributed by atoms with Crippen LogP contribution in [0.25, 0.3) is 10.1 Å². The Morgan fingerprint density at radius 1 is 1.57 bits per heavy atom. The lowest BCUT2D eigenvalue weighted by molar-refractivity contribution is 0.112. The summed E-state index contributed by atoms with van der Waals surface area (Å²) in [5.41, 5.74) is 6.81. The summed E-state index contributed by atoms with van der Waals surface area (Å²) in [6.07, 6.45) is 0.659. The number of rotatable bonds is 1. The SMILES string of the molecule is N#Cc1c(C=O)cc2ccsc2c1N. The standard InChI is InChI=1S/C10H6N2OS/c11-4-8-7(5-13)3-6-1-2-14-10(6)9(8)12/h1-3,5H,12H2. The molecular formula is C10H6N2OS. The van der Waals surface area contributed by atoms with Gasteiger partial charge >= 0.3 is 0 Å². The molecule has 2 N–H and O–H groups in total. The van der Waals surface area contributed by atoms with Gasteiger partial charge in [0.1, 0.15) is 6.07 Å². The lowest BCUT2D eigenvalue weighted by Crippen LogP contribution is -1.95. The maximum absolute atomic E-state index is 10.7. The minimum absolute atomic E-state index is 0.273. The van der Waals surface area contributed by atoms with E-state index in [0.717, 1.165) is 10.1 Å². The molecule has 0 atom stereocenters. The van der Waals surface area contributed by atoms with Crippen LogP contribution >= 0.6 is 11.3 Å². The number of fused-ring (bicyclic) bond motifs is 1. The van der Waals surface area contributed by atoms with Gasteiger partial charge in [-0.05, 0) is 22.9 Å². The Balaban J connectivity index is 2.94. The number of hydrogen-bond acceptors (Lipinski definition) is 4. The van der Waals surface area contributed by atoms with Crippen molar-refractivity contribution in [3.05, 3.63) is 28.6 Å². The van der Waals surface area contributed by atoms with E-state index in [9.17, 15) is 4.79 Å². The molecule has 3 nitrogen and oxygen atoms in total. The molecule has 1 aromatic carbocycles. The zero-order valence-corrected chi connectivity index (χ0v) is 7.97. The molecule has 0 bridgehead atoms. The summed E-state index contributed by atoms with van der Waals surface area (Å²) < 4.78 is 0.868. The molecule has 0 amide bonds. The maximum Gasteiger partial charge on any atom is 0.151 e. The zero-order valence-electron chi connectivity index (χ0n) is 7.15. The van der Waals surface area contributed by atoms with E-state index < -0.39 is 0 Å². The van der Waals surface area contributed by atoms with Crippen LogP contribution in [0.15, 0.2) is 17.5 Å². The molecule has 2 rings (SSSR count). The minimum Gasteiger partial charge on any atom is -0.396 e. The number of nitriles is 1. The quantitative estimate of drug-likeness (QED) is 0.569. The van der Waals surface area contributed by atoms with Crippen molar-refractivity contribution in [1.82, 2.24) is 0 Å². The Hall–Kier alpha value is -1.86. The van der Waals surface area contributed by atoms with Crippen LogP contribution < -0.4 is 5.73 Å². The number of aldehydes is 1. The number of thiophene rings is 1. The summed E-state index contributed by atoms with van der Waals surface area (Å²) in [5.74, 6) is 0. The largest absolute Gasteiger partial charge is 0.396 e. The van der Waals surface area contributed by atoms with Crippen LogP contribution in [0.3, 0.4) is 0 Å². The van der Waals surface area contributed by atoms with Gasteiger partial charge in [-0.1, -0.05) is 0 Å². The summed E-state index contributed by atoms with van der Waals surface area (Å²) >= 11 is 1.47. The van der Waals surface area contributed by atoms with Crippen LogP contribution in [0.1, 0.15) is 15.9 Å². The fourth-order valence-electron chi connectivity index (χ4n) is 1.38. The molecule has 0 aliphatic heterocycles. The highest BCUT2D eigenvalue weighted by molar-refractivity contribution is 7.17. The first kappa shape index (κ1) is 8.73. The monoisotopic (exact) mass is 202 g/mol. The molecule has 1 heterocycles. The minimum atomic E-state index is 0.273. The van der Waals surface area contributed by atoms with Gasteiger partial charge in [0, 0.05) is 5.56 Å². The summed E-state index contributed by atoms with van der Waals surface area (Å²) in [6.45, 7) is 0. The van der Waals surface area contributed by atoms with Crippen molar-refractivity contribution < 1.29 is 4.79 Å². The van der Waals surface area contributed by atoms with E-state index in [4.69, 9.17) is 11.0 Å². The van der Waals surface area contributed by atoms with Crippen molar-refractivity contribution in [3.63, 3.8) is 0 Å². The van der Waals surface area contributed by atoms with Crippen molar-refractivity contribution in [2.24, 2.45) is 0 Å². The molecule has 0 aliphatic rings. The van der Waals surface area contributed by atoms with Crippen LogP contribution in [0.5, 0.6) is 0 Å². The second-order valence-electron chi connectivity index (χ2n) is 2.82. The van der Waals surface area contributed by atoms with Gasteiger partial charge in [-0.15, -0.1) is 11.3 Å². The van der Waals surface area contributed by atoms with Crippen LogP contribution in [0, 0.1) is 11.3 Å². The number of anilines is 1. The Morgan fingerprint density at radius 3 is 3.00 bits per heavy atom. The van der Waals surface area contributed by atoms with E-state index in [0.29, 0.717) is 17.5 Å². The molecule has 0 radical (unpaired) electrons. The number of nitrogen functional groups attached to an aromatic ring is 1. The third-order valence-corrected chi connectivity index (χ3v) is 3.01. The molecule has 0 spiro atoms. The molecule has 0 saturated heterocycles. The zero-order chi connectivity index (χ0) is 10.1. The van der Waals surface area contributed by atoms with E-state index in [1.165, 1.54) is 11.3 Å². The predicted molar refractivity (Wildman–Crippen MR) is 56.3 cm³/mol. The highest BCUT2D eigenvalue weighted by atomic mass is 32.1. The molecule has 68 valence electrons. The molecule has 1 aromatic heterocycles. The van der Waals surface area contributed by atoms with Crippen LogP contribution in [0.4, 0.5) is 5.69 Å². The predicted octanol–water partition coefficient (Wildman–Crippen LogP) is 2.17.